The molecule has 4 aromatic rings. The summed E-state index contributed by atoms with van der Waals surface area (Å²) in [6.07, 6.45) is 7.42. The fourth-order valence-electron chi connectivity index (χ4n) is 3.53. The summed E-state index contributed by atoms with van der Waals surface area (Å²) in [7, 11) is 0. The zero-order valence-electron chi connectivity index (χ0n) is 18.9. The van der Waals surface area contributed by atoms with Gasteiger partial charge in [0.1, 0.15) is 5.82 Å². The molecule has 0 amide bonds. The Hall–Kier alpha value is -4.03. The number of carbonyl (C=O) groups is 1. The van der Waals surface area contributed by atoms with Gasteiger partial charge in [0.25, 0.3) is 0 Å². The molecule has 0 aliphatic heterocycles. The Morgan fingerprint density at radius 1 is 1.03 bits per heavy atom. The number of nitrogens with zero attached hydrogens (tertiary/aromatic N) is 2. The number of nitrogens with one attached hydrogen (secondary N) is 1. The monoisotopic (exact) mass is 467 g/mol. The van der Waals surface area contributed by atoms with Crippen LogP contribution in [-0.2, 0) is 12.8 Å². The van der Waals surface area contributed by atoms with Gasteiger partial charge in [-0.1, -0.05) is 49.4 Å². The lowest BCUT2D eigenvalue weighted by molar-refractivity contribution is 0.0697. The largest absolute Gasteiger partial charge is 0.478 e. The van der Waals surface area contributed by atoms with Crippen molar-refractivity contribution in [3.63, 3.8) is 0 Å². The van der Waals surface area contributed by atoms with Gasteiger partial charge in [-0.15, -0.1) is 17.9 Å². The average molecular weight is 468 g/mol. The van der Waals surface area contributed by atoms with Crippen molar-refractivity contribution < 1.29 is 9.90 Å². The molecule has 2 N–H and O–H groups in total. The highest BCUT2D eigenvalue weighted by Gasteiger charge is 2.15. The molecule has 6 heteroatoms. The lowest BCUT2D eigenvalue weighted by Crippen LogP contribution is -2.07. The van der Waals surface area contributed by atoms with E-state index in [1.165, 1.54) is 0 Å². The minimum Gasteiger partial charge on any atom is -0.478 e. The van der Waals surface area contributed by atoms with Crippen LogP contribution in [0.15, 0.2) is 79.4 Å². The van der Waals surface area contributed by atoms with E-state index in [0.717, 1.165) is 38.7 Å². The summed E-state index contributed by atoms with van der Waals surface area (Å²) in [5.74, 6) is 0.421. The number of benzene rings is 2. The van der Waals surface area contributed by atoms with Gasteiger partial charge in [0, 0.05) is 21.8 Å². The van der Waals surface area contributed by atoms with Crippen LogP contribution in [0.3, 0.4) is 0 Å². The second kappa shape index (κ2) is 10.7. The second-order valence-electron chi connectivity index (χ2n) is 7.62. The highest BCUT2D eigenvalue weighted by molar-refractivity contribution is 7.16. The second-order valence-corrected chi connectivity index (χ2v) is 8.74. The molecule has 2 aromatic heterocycles. The summed E-state index contributed by atoms with van der Waals surface area (Å²) in [6, 6.07) is 20.9. The van der Waals surface area contributed by atoms with Gasteiger partial charge < -0.3 is 10.4 Å². The van der Waals surface area contributed by atoms with Crippen molar-refractivity contribution in [1.82, 2.24) is 9.97 Å². The number of carboxylic acids is 1. The van der Waals surface area contributed by atoms with Crippen molar-refractivity contribution in [2.24, 2.45) is 0 Å². The lowest BCUT2D eigenvalue weighted by Gasteiger charge is -2.15. The molecule has 0 aliphatic rings. The predicted octanol–water partition coefficient (Wildman–Crippen LogP) is 7.11. The van der Waals surface area contributed by atoms with E-state index < -0.39 is 5.97 Å². The smallest absolute Gasteiger partial charge is 0.335 e. The third-order valence-corrected chi connectivity index (χ3v) is 6.30. The third-order valence-electron chi connectivity index (χ3n) is 5.26. The standard InChI is InChI=1S/C28H25N3O2S/c1-3-8-23-24(4-2)30-27(31-26(23)29-21-14-12-20(13-15-21)28(32)33)25-18-17-22(34-25)16-11-19-9-6-5-7-10-19/h3,5-7,9-18H,1,4,8H2,2H3,(H,32,33)(H,29,30,31)/b16-11+. The van der Waals surface area contributed by atoms with E-state index in [1.54, 1.807) is 35.6 Å². The first kappa shape index (κ1) is 23.1. The molecule has 5 nitrogen and oxygen atoms in total. The average Bonchev–Trinajstić information content (AvgIpc) is 3.34. The van der Waals surface area contributed by atoms with Gasteiger partial charge in [-0.3, -0.25) is 0 Å². The molecular formula is C28H25N3O2S. The highest BCUT2D eigenvalue weighted by atomic mass is 32.1. The number of hydrogen-bond donors (Lipinski definition) is 2. The number of anilines is 2. The van der Waals surface area contributed by atoms with Crippen molar-refractivity contribution in [1.29, 1.82) is 0 Å². The maximum Gasteiger partial charge on any atom is 0.335 e. The number of carboxylic acid groups (broad SMARTS) is 1. The van der Waals surface area contributed by atoms with E-state index in [0.29, 0.717) is 18.1 Å². The van der Waals surface area contributed by atoms with E-state index in [9.17, 15) is 4.79 Å². The van der Waals surface area contributed by atoms with E-state index in [1.807, 2.05) is 30.3 Å². The maximum absolute atomic E-state index is 11.2. The summed E-state index contributed by atoms with van der Waals surface area (Å²) in [5, 5.41) is 12.5. The van der Waals surface area contributed by atoms with Crippen molar-refractivity contribution in [3.05, 3.63) is 107 Å². The summed E-state index contributed by atoms with van der Waals surface area (Å²) in [5.41, 5.74) is 4.11. The summed E-state index contributed by atoms with van der Waals surface area (Å²) in [4.78, 5) is 23.0. The minimum absolute atomic E-state index is 0.240. The van der Waals surface area contributed by atoms with Crippen LogP contribution in [0, 0.1) is 0 Å². The normalized spacial score (nSPS) is 11.0. The van der Waals surface area contributed by atoms with Crippen LogP contribution in [0.25, 0.3) is 22.9 Å². The first-order valence-corrected chi connectivity index (χ1v) is 11.8. The van der Waals surface area contributed by atoms with Gasteiger partial charge in [-0.05, 0) is 60.9 Å². The SMILES string of the molecule is C=CCc1c(CC)nc(-c2ccc(/C=C/c3ccccc3)s2)nc1Nc1ccc(C(=O)O)cc1. The molecule has 0 saturated carbocycles. The molecular weight excluding hydrogens is 442 g/mol. The van der Waals surface area contributed by atoms with Crippen molar-refractivity contribution in [2.75, 3.05) is 5.32 Å². The molecule has 0 bridgehead atoms. The molecule has 0 saturated heterocycles. The number of aromatic carboxylic acids is 1. The van der Waals surface area contributed by atoms with Crippen molar-refractivity contribution in [3.8, 4) is 10.7 Å². The molecule has 0 aliphatic carbocycles. The van der Waals surface area contributed by atoms with Crippen LogP contribution < -0.4 is 5.32 Å². The Morgan fingerprint density at radius 3 is 2.47 bits per heavy atom. The van der Waals surface area contributed by atoms with Gasteiger partial charge in [0.05, 0.1) is 10.4 Å². The summed E-state index contributed by atoms with van der Waals surface area (Å²) in [6.45, 7) is 5.96. The molecule has 0 fully saturated rings. The third kappa shape index (κ3) is 5.47. The molecule has 4 rings (SSSR count). The van der Waals surface area contributed by atoms with Gasteiger partial charge in [0.15, 0.2) is 5.82 Å². The molecule has 2 aromatic carbocycles. The first-order chi connectivity index (χ1) is 16.6. The zero-order valence-corrected chi connectivity index (χ0v) is 19.7. The Labute approximate surface area is 203 Å². The van der Waals surface area contributed by atoms with Crippen molar-refractivity contribution >= 4 is 41.0 Å². The Kier molecular flexibility index (Phi) is 7.30. The highest BCUT2D eigenvalue weighted by Crippen LogP contribution is 2.31. The number of aromatic nitrogens is 2. The quantitative estimate of drug-likeness (QED) is 0.257. The molecule has 0 radical (unpaired) electrons. The molecule has 0 atom stereocenters. The molecule has 2 heterocycles. The first-order valence-electron chi connectivity index (χ1n) is 11.0. The van der Waals surface area contributed by atoms with Crippen molar-refractivity contribution in [2.45, 2.75) is 19.8 Å². The molecule has 170 valence electrons. The number of aryl methyl sites for hydroxylation is 1. The van der Waals surface area contributed by atoms with Crippen LogP contribution in [0.1, 0.15) is 39.0 Å². The minimum atomic E-state index is -0.952. The number of rotatable bonds is 9. The zero-order chi connectivity index (χ0) is 23.9. The Morgan fingerprint density at radius 2 is 1.79 bits per heavy atom. The van der Waals surface area contributed by atoms with Crippen LogP contribution in [-0.4, -0.2) is 21.0 Å². The summed E-state index contributed by atoms with van der Waals surface area (Å²) < 4.78 is 0. The van der Waals surface area contributed by atoms with Crippen LogP contribution in [0.4, 0.5) is 11.5 Å². The van der Waals surface area contributed by atoms with Crippen LogP contribution in [0.2, 0.25) is 0 Å². The topological polar surface area (TPSA) is 75.1 Å². The van der Waals surface area contributed by atoms with E-state index >= 15 is 0 Å². The Bertz CT molecular complexity index is 1330. The predicted molar refractivity (Wildman–Crippen MR) is 141 cm³/mol. The fraction of sp³-hybridized carbons (Fsp3) is 0.107. The van der Waals surface area contributed by atoms with E-state index in [4.69, 9.17) is 15.1 Å². The molecule has 0 unspecified atom stereocenters. The van der Waals surface area contributed by atoms with E-state index in [-0.39, 0.29) is 5.56 Å². The Balaban J connectivity index is 1.67. The lowest BCUT2D eigenvalue weighted by atomic mass is 10.1. The van der Waals surface area contributed by atoms with E-state index in [2.05, 4.69) is 49.2 Å². The number of hydrogen-bond acceptors (Lipinski definition) is 5. The molecule has 0 spiro atoms. The van der Waals surface area contributed by atoms with Gasteiger partial charge in [-0.2, -0.15) is 0 Å². The van der Waals surface area contributed by atoms with Gasteiger partial charge in [-0.25, -0.2) is 14.8 Å². The fourth-order valence-corrected chi connectivity index (χ4v) is 4.38. The molecule has 34 heavy (non-hydrogen) atoms. The maximum atomic E-state index is 11.2. The summed E-state index contributed by atoms with van der Waals surface area (Å²) >= 11 is 1.64. The van der Waals surface area contributed by atoms with Crippen LogP contribution in [0.5, 0.6) is 0 Å². The van der Waals surface area contributed by atoms with Gasteiger partial charge in [0.2, 0.25) is 0 Å². The number of allylic oxidation sites excluding steroid dienone is 1. The van der Waals surface area contributed by atoms with Crippen LogP contribution >= 0.6 is 11.3 Å². The van der Waals surface area contributed by atoms with Gasteiger partial charge >= 0.3 is 5.97 Å². The number of thiophene rings is 1.